The smallest absolute Gasteiger partial charge is 0.0622 e. The number of rotatable bonds is 7. The van der Waals surface area contributed by atoms with Crippen LogP contribution in [0, 0.1) is 0 Å². The number of benzene rings is 15. The Morgan fingerprint density at radius 2 is 0.561 bits per heavy atom. The van der Waals surface area contributed by atoms with Crippen molar-refractivity contribution in [2.75, 3.05) is 0 Å². The summed E-state index contributed by atoms with van der Waals surface area (Å²) >= 11 is 0. The van der Waals surface area contributed by atoms with Crippen molar-refractivity contribution in [2.45, 2.75) is 10.8 Å². The lowest BCUT2D eigenvalue weighted by Gasteiger charge is -2.34. The summed E-state index contributed by atoms with van der Waals surface area (Å²) in [5, 5.41) is 12.4. The van der Waals surface area contributed by atoms with Crippen LogP contribution in [0.5, 0.6) is 0 Å². The van der Waals surface area contributed by atoms with Gasteiger partial charge in [-0.25, -0.2) is 0 Å². The third-order valence-corrected chi connectivity index (χ3v) is 18.6. The molecule has 0 N–H and O–H groups in total. The van der Waals surface area contributed by atoms with Crippen LogP contribution in [-0.2, 0) is 10.8 Å². The largest absolute Gasteiger partial charge is 0.0713 e. The molecular formula is C82H52. The summed E-state index contributed by atoms with van der Waals surface area (Å²) in [5.74, 6) is 0. The first-order valence-electron chi connectivity index (χ1n) is 28.7. The van der Waals surface area contributed by atoms with Gasteiger partial charge in [-0.1, -0.05) is 285 Å². The van der Waals surface area contributed by atoms with Crippen molar-refractivity contribution in [1.82, 2.24) is 0 Å². The van der Waals surface area contributed by atoms with E-state index in [9.17, 15) is 0 Å². The normalized spacial score (nSPS) is 13.6. The molecule has 0 radical (unpaired) electrons. The Morgan fingerprint density at radius 3 is 1.10 bits per heavy atom. The lowest BCUT2D eigenvalue weighted by atomic mass is 9.67. The standard InChI is InChI=1S/C82H52/c1-5-24-59(25-6-1)81(60-26-7-2-8-27-60)75-38-19-17-32-66(75)68-45-42-57(51-77(68)81)79-70-34-15-16-35-71(70)80(58-43-46-69-67-33-18-20-39-76(67)82(78(69)52-58,61-28-9-3-10-29-61)62-30-11-4-12-31-62)74-50-56(41-47-72(74)79)63-36-21-37-64-65(63)44-40-55-48-53-22-13-14-23-54(53)49-73(55)64/h1-52H. The van der Waals surface area contributed by atoms with Gasteiger partial charge in [0.15, 0.2) is 0 Å². The molecule has 15 aromatic carbocycles. The first kappa shape index (κ1) is 46.5. The van der Waals surface area contributed by atoms with Crippen molar-refractivity contribution in [2.24, 2.45) is 0 Å². The van der Waals surface area contributed by atoms with Gasteiger partial charge in [-0.2, -0.15) is 0 Å². The van der Waals surface area contributed by atoms with Gasteiger partial charge < -0.3 is 0 Å². The summed E-state index contributed by atoms with van der Waals surface area (Å²) in [4.78, 5) is 0. The molecule has 0 heterocycles. The first-order valence-corrected chi connectivity index (χ1v) is 28.7. The molecule has 0 nitrogen and oxygen atoms in total. The quantitative estimate of drug-likeness (QED) is 0.110. The Morgan fingerprint density at radius 1 is 0.171 bits per heavy atom. The second kappa shape index (κ2) is 18.1. The minimum absolute atomic E-state index is 0.542. The fraction of sp³-hybridized carbons (Fsp3) is 0.0244. The van der Waals surface area contributed by atoms with E-state index < -0.39 is 10.8 Å². The molecule has 380 valence electrons. The molecule has 0 bridgehead atoms. The van der Waals surface area contributed by atoms with Gasteiger partial charge in [-0.15, -0.1) is 0 Å². The van der Waals surface area contributed by atoms with E-state index in [2.05, 4.69) is 315 Å². The maximum atomic E-state index is 2.55. The number of fused-ring (bicyclic) bond motifs is 12. The highest BCUT2D eigenvalue weighted by molar-refractivity contribution is 6.23. The van der Waals surface area contributed by atoms with Gasteiger partial charge in [0.25, 0.3) is 0 Å². The minimum Gasteiger partial charge on any atom is -0.0622 e. The molecule has 0 saturated heterocycles. The molecule has 0 heteroatoms. The van der Waals surface area contributed by atoms with Gasteiger partial charge in [0.1, 0.15) is 0 Å². The fourth-order valence-electron chi connectivity index (χ4n) is 15.2. The average Bonchev–Trinajstić information content (AvgIpc) is 4.01. The predicted octanol–water partition coefficient (Wildman–Crippen LogP) is 21.2. The molecule has 0 atom stereocenters. The van der Waals surface area contributed by atoms with Gasteiger partial charge in [0.05, 0.1) is 10.8 Å². The van der Waals surface area contributed by atoms with Crippen LogP contribution in [0.4, 0.5) is 0 Å². The van der Waals surface area contributed by atoms with E-state index in [0.29, 0.717) is 0 Å². The van der Waals surface area contributed by atoms with Crippen molar-refractivity contribution >= 4 is 53.9 Å². The third-order valence-electron chi connectivity index (χ3n) is 18.6. The maximum absolute atomic E-state index is 2.55. The Bertz CT molecular complexity index is 4990. The Balaban J connectivity index is 0.968. The molecule has 82 heavy (non-hydrogen) atoms. The van der Waals surface area contributed by atoms with E-state index in [1.807, 2.05) is 0 Å². The van der Waals surface area contributed by atoms with E-state index in [1.165, 1.54) is 154 Å². The lowest BCUT2D eigenvalue weighted by molar-refractivity contribution is 0.769. The van der Waals surface area contributed by atoms with E-state index >= 15 is 0 Å². The summed E-state index contributed by atoms with van der Waals surface area (Å²) in [5.41, 5.74) is 21.5. The maximum Gasteiger partial charge on any atom is 0.0713 e. The second-order valence-electron chi connectivity index (χ2n) is 22.5. The molecule has 0 aliphatic heterocycles. The van der Waals surface area contributed by atoms with E-state index in [0.717, 1.165) is 0 Å². The van der Waals surface area contributed by atoms with Crippen LogP contribution in [0.1, 0.15) is 44.5 Å². The topological polar surface area (TPSA) is 0 Å². The zero-order valence-electron chi connectivity index (χ0n) is 45.0. The highest BCUT2D eigenvalue weighted by Gasteiger charge is 2.48. The Labute approximate surface area is 477 Å². The molecule has 0 saturated carbocycles. The predicted molar refractivity (Wildman–Crippen MR) is 345 cm³/mol. The Kier molecular flexibility index (Phi) is 10.2. The van der Waals surface area contributed by atoms with Crippen molar-refractivity contribution in [3.05, 3.63) is 360 Å². The zero-order valence-corrected chi connectivity index (χ0v) is 45.0. The first-order chi connectivity index (χ1) is 40.7. The molecule has 0 amide bonds. The molecule has 0 aromatic heterocycles. The van der Waals surface area contributed by atoms with Gasteiger partial charge in [0.2, 0.25) is 0 Å². The molecule has 0 spiro atoms. The molecule has 17 rings (SSSR count). The molecular weight excluding hydrogens is 985 g/mol. The zero-order chi connectivity index (χ0) is 53.9. The van der Waals surface area contributed by atoms with E-state index in [-0.39, 0.29) is 0 Å². The van der Waals surface area contributed by atoms with Gasteiger partial charge in [-0.05, 0) is 184 Å². The number of hydrogen-bond donors (Lipinski definition) is 0. The van der Waals surface area contributed by atoms with Gasteiger partial charge in [0, 0.05) is 0 Å². The molecule has 15 aromatic rings. The number of hydrogen-bond acceptors (Lipinski definition) is 0. The highest BCUT2D eigenvalue weighted by atomic mass is 14.5. The summed E-state index contributed by atoms with van der Waals surface area (Å²) in [6.45, 7) is 0. The molecule has 0 unspecified atom stereocenters. The third kappa shape index (κ3) is 6.55. The lowest BCUT2D eigenvalue weighted by Crippen LogP contribution is -2.28. The van der Waals surface area contributed by atoms with Crippen molar-refractivity contribution in [1.29, 1.82) is 0 Å². The van der Waals surface area contributed by atoms with Crippen LogP contribution in [-0.4, -0.2) is 0 Å². The van der Waals surface area contributed by atoms with Crippen molar-refractivity contribution < 1.29 is 0 Å². The van der Waals surface area contributed by atoms with Crippen LogP contribution >= 0.6 is 0 Å². The monoisotopic (exact) mass is 1040 g/mol. The van der Waals surface area contributed by atoms with Crippen LogP contribution in [0.25, 0.3) is 109 Å². The molecule has 2 aliphatic rings. The summed E-state index contributed by atoms with van der Waals surface area (Å²) in [7, 11) is 0. The highest BCUT2D eigenvalue weighted by Crippen LogP contribution is 2.60. The summed E-state index contributed by atoms with van der Waals surface area (Å²) < 4.78 is 0. The molecule has 0 fully saturated rings. The van der Waals surface area contributed by atoms with Crippen LogP contribution < -0.4 is 0 Å². The Hall–Kier alpha value is -10.4. The average molecular weight is 1040 g/mol. The van der Waals surface area contributed by atoms with Crippen molar-refractivity contribution in [3.8, 4) is 55.6 Å². The SMILES string of the molecule is c1ccc(C2(c3ccccc3)c3ccccc3-c3ccc(-c4c5ccccc5c(-c5ccc6c(c5)C(c5ccccc5)(c5ccccc5)c5ccccc5-6)c5cc(-c6cccc7c6ccc6cc8ccccc8cc67)ccc45)cc32)cc1. The summed E-state index contributed by atoms with van der Waals surface area (Å²) in [6.07, 6.45) is 0. The molecule has 2 aliphatic carbocycles. The second-order valence-corrected chi connectivity index (χ2v) is 22.5. The minimum atomic E-state index is -0.551. The van der Waals surface area contributed by atoms with E-state index in [4.69, 9.17) is 0 Å². The van der Waals surface area contributed by atoms with Gasteiger partial charge in [-0.3, -0.25) is 0 Å². The van der Waals surface area contributed by atoms with Crippen molar-refractivity contribution in [3.63, 3.8) is 0 Å². The fourth-order valence-corrected chi connectivity index (χ4v) is 15.2. The van der Waals surface area contributed by atoms with Gasteiger partial charge >= 0.3 is 0 Å². The summed E-state index contributed by atoms with van der Waals surface area (Å²) in [6, 6.07) is 119. The van der Waals surface area contributed by atoms with E-state index in [1.54, 1.807) is 0 Å². The van der Waals surface area contributed by atoms with Crippen LogP contribution in [0.15, 0.2) is 315 Å². The van der Waals surface area contributed by atoms with Crippen LogP contribution in [0.2, 0.25) is 0 Å². The van der Waals surface area contributed by atoms with Crippen LogP contribution in [0.3, 0.4) is 0 Å².